The fourth-order valence-corrected chi connectivity index (χ4v) is 2.91. The first kappa shape index (κ1) is 15.0. The van der Waals surface area contributed by atoms with Gasteiger partial charge in [0.05, 0.1) is 23.3 Å². The van der Waals surface area contributed by atoms with E-state index in [1.54, 1.807) is 6.07 Å². The Morgan fingerprint density at radius 1 is 0.565 bits per heavy atom. The Morgan fingerprint density at radius 3 is 1.57 bits per heavy atom. The molecule has 0 radical (unpaired) electrons. The number of nitriles is 2. The lowest BCUT2D eigenvalue weighted by atomic mass is 9.99. The maximum atomic E-state index is 9.08. The van der Waals surface area contributed by atoms with Crippen LogP contribution in [-0.4, -0.2) is 0 Å². The molecule has 0 N–H and O–H groups in total. The van der Waals surface area contributed by atoms with Crippen LogP contribution in [-0.2, 0) is 0 Å². The van der Waals surface area contributed by atoms with Crippen LogP contribution in [0.25, 0.3) is 22.3 Å². The average molecular weight is 359 g/mol. The maximum Gasteiger partial charge on any atom is 0.0992 e. The van der Waals surface area contributed by atoms with Crippen molar-refractivity contribution in [3.05, 3.63) is 82.3 Å². The van der Waals surface area contributed by atoms with Crippen molar-refractivity contribution >= 4 is 15.9 Å². The van der Waals surface area contributed by atoms with Gasteiger partial charge >= 0.3 is 0 Å². The number of rotatable bonds is 2. The van der Waals surface area contributed by atoms with Crippen LogP contribution in [0.2, 0.25) is 0 Å². The zero-order valence-electron chi connectivity index (χ0n) is 12.1. The molecule has 0 heterocycles. The smallest absolute Gasteiger partial charge is 0.0992 e. The summed E-state index contributed by atoms with van der Waals surface area (Å²) in [5.74, 6) is 0. The van der Waals surface area contributed by atoms with Crippen molar-refractivity contribution in [3.8, 4) is 34.4 Å². The number of hydrogen-bond donors (Lipinski definition) is 0. The minimum absolute atomic E-state index is 0.630. The summed E-state index contributed by atoms with van der Waals surface area (Å²) in [6.07, 6.45) is 0. The van der Waals surface area contributed by atoms with Gasteiger partial charge in [0.25, 0.3) is 0 Å². The number of halogens is 1. The Hall–Kier alpha value is -2.88. The Kier molecular flexibility index (Phi) is 4.24. The zero-order chi connectivity index (χ0) is 16.2. The minimum Gasteiger partial charge on any atom is -0.192 e. The van der Waals surface area contributed by atoms with Crippen molar-refractivity contribution in [2.24, 2.45) is 0 Å². The highest BCUT2D eigenvalue weighted by Gasteiger charge is 2.04. The third-order valence-corrected chi connectivity index (χ3v) is 4.05. The molecule has 0 spiro atoms. The minimum atomic E-state index is 0.630. The third-order valence-electron chi connectivity index (χ3n) is 3.59. The molecular weight excluding hydrogens is 348 g/mol. The molecule has 3 heteroatoms. The van der Waals surface area contributed by atoms with E-state index in [0.29, 0.717) is 11.1 Å². The second-order valence-corrected chi connectivity index (χ2v) is 6.02. The van der Waals surface area contributed by atoms with Gasteiger partial charge in [0.15, 0.2) is 0 Å². The summed E-state index contributed by atoms with van der Waals surface area (Å²) in [7, 11) is 0. The first-order valence-corrected chi connectivity index (χ1v) is 7.80. The van der Waals surface area contributed by atoms with E-state index < -0.39 is 0 Å². The Balaban J connectivity index is 1.94. The summed E-state index contributed by atoms with van der Waals surface area (Å²) in [5.41, 5.74) is 5.51. The van der Waals surface area contributed by atoms with E-state index in [1.165, 1.54) is 0 Å². The highest BCUT2D eigenvalue weighted by molar-refractivity contribution is 9.10. The highest BCUT2D eigenvalue weighted by atomic mass is 79.9. The monoisotopic (exact) mass is 358 g/mol. The topological polar surface area (TPSA) is 47.6 Å². The molecule has 0 aromatic heterocycles. The summed E-state index contributed by atoms with van der Waals surface area (Å²) >= 11 is 3.44. The predicted molar refractivity (Wildman–Crippen MR) is 94.4 cm³/mol. The van der Waals surface area contributed by atoms with Crippen LogP contribution >= 0.6 is 15.9 Å². The number of benzene rings is 3. The quantitative estimate of drug-likeness (QED) is 0.604. The van der Waals surface area contributed by atoms with Crippen molar-refractivity contribution in [2.45, 2.75) is 0 Å². The van der Waals surface area contributed by atoms with Gasteiger partial charge in [0, 0.05) is 4.47 Å². The van der Waals surface area contributed by atoms with Crippen molar-refractivity contribution in [3.63, 3.8) is 0 Å². The van der Waals surface area contributed by atoms with Crippen LogP contribution < -0.4 is 0 Å². The van der Waals surface area contributed by atoms with Crippen molar-refractivity contribution < 1.29 is 0 Å². The Labute approximate surface area is 143 Å². The molecule has 0 aliphatic rings. The first-order valence-electron chi connectivity index (χ1n) is 7.01. The van der Waals surface area contributed by atoms with Crippen LogP contribution in [0.5, 0.6) is 0 Å². The molecule has 0 aliphatic carbocycles. The van der Waals surface area contributed by atoms with Crippen LogP contribution in [0.4, 0.5) is 0 Å². The van der Waals surface area contributed by atoms with Crippen molar-refractivity contribution in [1.29, 1.82) is 10.5 Å². The first-order chi connectivity index (χ1) is 11.2. The zero-order valence-corrected chi connectivity index (χ0v) is 13.7. The van der Waals surface area contributed by atoms with Gasteiger partial charge in [-0.15, -0.1) is 0 Å². The normalized spacial score (nSPS) is 9.87. The van der Waals surface area contributed by atoms with E-state index in [2.05, 4.69) is 28.1 Å². The molecule has 3 aromatic carbocycles. The molecule has 0 atom stereocenters. The fraction of sp³-hybridized carbons (Fsp3) is 0. The van der Waals surface area contributed by atoms with Crippen LogP contribution in [0.1, 0.15) is 11.1 Å². The van der Waals surface area contributed by atoms with E-state index in [4.69, 9.17) is 10.5 Å². The lowest BCUT2D eigenvalue weighted by molar-refractivity contribution is 1.47. The largest absolute Gasteiger partial charge is 0.192 e. The van der Waals surface area contributed by atoms with Gasteiger partial charge in [-0.3, -0.25) is 0 Å². The second-order valence-electron chi connectivity index (χ2n) is 5.11. The van der Waals surface area contributed by atoms with E-state index in [-0.39, 0.29) is 0 Å². The van der Waals surface area contributed by atoms with Gasteiger partial charge in [0.1, 0.15) is 0 Å². The molecule has 0 amide bonds. The molecule has 3 rings (SSSR count). The van der Waals surface area contributed by atoms with E-state index >= 15 is 0 Å². The fourth-order valence-electron chi connectivity index (χ4n) is 2.41. The van der Waals surface area contributed by atoms with E-state index in [9.17, 15) is 0 Å². The second kappa shape index (κ2) is 6.48. The molecule has 2 nitrogen and oxygen atoms in total. The van der Waals surface area contributed by atoms with E-state index in [1.807, 2.05) is 60.7 Å². The molecule has 108 valence electrons. The molecule has 0 aliphatic heterocycles. The molecule has 0 unspecified atom stereocenters. The average Bonchev–Trinajstić information content (AvgIpc) is 2.61. The summed E-state index contributed by atoms with van der Waals surface area (Å²) in [6.45, 7) is 0. The molecule has 0 fully saturated rings. The summed E-state index contributed by atoms with van der Waals surface area (Å²) in [6, 6.07) is 25.7. The third kappa shape index (κ3) is 3.31. The summed E-state index contributed by atoms with van der Waals surface area (Å²) < 4.78 is 0.891. The van der Waals surface area contributed by atoms with Crippen LogP contribution in [0.15, 0.2) is 71.2 Å². The van der Waals surface area contributed by atoms with Crippen molar-refractivity contribution in [1.82, 2.24) is 0 Å². The Bertz CT molecular complexity index is 927. The lowest BCUT2D eigenvalue weighted by Crippen LogP contribution is -1.83. The van der Waals surface area contributed by atoms with Gasteiger partial charge in [-0.05, 0) is 52.6 Å². The van der Waals surface area contributed by atoms with Gasteiger partial charge in [-0.1, -0.05) is 52.3 Å². The SMILES string of the molecule is N#Cc1ccc(-c2ccc(-c3cc(Br)cc(C#N)c3)cc2)cc1. The molecular formula is C20H11BrN2. The molecule has 23 heavy (non-hydrogen) atoms. The summed E-state index contributed by atoms with van der Waals surface area (Å²) in [5, 5.41) is 17.9. The standard InChI is InChI=1S/C20H11BrN2/c21-20-10-15(13-23)9-19(11-20)18-7-5-17(6-8-18)16-3-1-14(12-22)2-4-16/h1-11H. The molecule has 0 saturated heterocycles. The van der Waals surface area contributed by atoms with Crippen molar-refractivity contribution in [2.75, 3.05) is 0 Å². The lowest BCUT2D eigenvalue weighted by Gasteiger charge is -2.06. The molecule has 3 aromatic rings. The van der Waals surface area contributed by atoms with Gasteiger partial charge < -0.3 is 0 Å². The molecule has 0 saturated carbocycles. The molecule has 0 bridgehead atoms. The van der Waals surface area contributed by atoms with Gasteiger partial charge in [0.2, 0.25) is 0 Å². The van der Waals surface area contributed by atoms with Crippen LogP contribution in [0, 0.1) is 22.7 Å². The number of nitrogens with zero attached hydrogens (tertiary/aromatic N) is 2. The summed E-state index contributed by atoms with van der Waals surface area (Å²) in [4.78, 5) is 0. The predicted octanol–water partition coefficient (Wildman–Crippen LogP) is 5.53. The van der Waals surface area contributed by atoms with E-state index in [0.717, 1.165) is 26.7 Å². The highest BCUT2D eigenvalue weighted by Crippen LogP contribution is 2.28. The van der Waals surface area contributed by atoms with Gasteiger partial charge in [-0.2, -0.15) is 10.5 Å². The maximum absolute atomic E-state index is 9.08. The van der Waals surface area contributed by atoms with Gasteiger partial charge in [-0.25, -0.2) is 0 Å². The Morgan fingerprint density at radius 2 is 1.04 bits per heavy atom. The van der Waals surface area contributed by atoms with Crippen LogP contribution in [0.3, 0.4) is 0 Å². The number of hydrogen-bond acceptors (Lipinski definition) is 2.